The molecule has 0 aromatic heterocycles. The van der Waals surface area contributed by atoms with E-state index in [0.717, 1.165) is 6.42 Å². The van der Waals surface area contributed by atoms with Gasteiger partial charge in [-0.05, 0) is 12.3 Å². The second kappa shape index (κ2) is 15.7. The minimum absolute atomic E-state index is 0.116. The first kappa shape index (κ1) is 20.9. The first-order valence-electron chi connectivity index (χ1n) is 7.01. The third-order valence-electron chi connectivity index (χ3n) is 2.34. The Morgan fingerprint density at radius 2 is 1.83 bits per heavy atom. The van der Waals surface area contributed by atoms with E-state index in [-0.39, 0.29) is 5.97 Å². The van der Waals surface area contributed by atoms with Crippen LogP contribution in [0.2, 0.25) is 14.8 Å². The van der Waals surface area contributed by atoms with Crippen LogP contribution in [0.5, 0.6) is 0 Å². The zero-order valence-electron chi connectivity index (χ0n) is 12.8. The van der Waals surface area contributed by atoms with Gasteiger partial charge >= 0.3 is 40.5 Å². The van der Waals surface area contributed by atoms with E-state index in [9.17, 15) is 4.79 Å². The monoisotopic (exact) mass is 383 g/mol. The molecule has 4 heteroatoms. The molecule has 0 aliphatic rings. The van der Waals surface area contributed by atoms with Gasteiger partial charge in [0.1, 0.15) is 0 Å². The fourth-order valence-corrected chi connectivity index (χ4v) is 1.45. The van der Waals surface area contributed by atoms with Crippen LogP contribution in [0, 0.1) is 5.92 Å². The third-order valence-corrected chi connectivity index (χ3v) is 2.56. The van der Waals surface area contributed by atoms with Gasteiger partial charge in [-0.3, -0.25) is 4.79 Å². The number of rotatable bonds is 8. The zero-order valence-corrected chi connectivity index (χ0v) is 16.5. The Hall–Kier alpha value is 0.619. The first-order chi connectivity index (χ1) is 8.47. The predicted octanol–water partition coefficient (Wildman–Crippen LogP) is 4.44. The molecular weight excluding hydrogens is 351 g/mol. The van der Waals surface area contributed by atoms with Crippen LogP contribution in [0.3, 0.4) is 0 Å². The molecule has 0 rings (SSSR count). The van der Waals surface area contributed by atoms with Crippen molar-refractivity contribution in [2.75, 3.05) is 12.4 Å². The number of thiol groups is 1. The summed E-state index contributed by atoms with van der Waals surface area (Å²) in [5, 5.41) is 0. The molecule has 1 radical (unpaired) electrons. The molecular formula is C14H31O2SSn. The Morgan fingerprint density at radius 3 is 2.22 bits per heavy atom. The maximum atomic E-state index is 11.1. The minimum atomic E-state index is -0.543. The molecule has 2 nitrogen and oxygen atoms in total. The van der Waals surface area contributed by atoms with Crippen LogP contribution in [-0.2, 0) is 9.53 Å². The van der Waals surface area contributed by atoms with E-state index < -0.39 is 19.8 Å². The molecule has 0 saturated heterocycles. The molecule has 18 heavy (non-hydrogen) atoms. The summed E-state index contributed by atoms with van der Waals surface area (Å²) in [6.07, 6.45) is 5.12. The van der Waals surface area contributed by atoms with Gasteiger partial charge in [0.2, 0.25) is 0 Å². The van der Waals surface area contributed by atoms with Crippen LogP contribution < -0.4 is 0 Å². The fraction of sp³-hybridized carbons (Fsp3) is 0.929. The van der Waals surface area contributed by atoms with Crippen molar-refractivity contribution in [2.45, 2.75) is 60.8 Å². The molecule has 0 bridgehead atoms. The summed E-state index contributed by atoms with van der Waals surface area (Å²) in [6, 6.07) is 0. The van der Waals surface area contributed by atoms with E-state index in [1.165, 1.54) is 19.3 Å². The maximum absolute atomic E-state index is 11.1. The molecule has 0 heterocycles. The van der Waals surface area contributed by atoms with Crippen molar-refractivity contribution >= 4 is 38.4 Å². The molecule has 0 N–H and O–H groups in total. The van der Waals surface area contributed by atoms with Crippen molar-refractivity contribution in [1.29, 1.82) is 0 Å². The summed E-state index contributed by atoms with van der Waals surface area (Å²) in [7, 11) is 0. The number of unbranched alkanes of at least 4 members (excludes halogenated alkanes) is 1. The average Bonchev–Trinajstić information content (AvgIpc) is 2.29. The second-order valence-electron chi connectivity index (χ2n) is 5.07. The van der Waals surface area contributed by atoms with Gasteiger partial charge in [0.25, 0.3) is 0 Å². The van der Waals surface area contributed by atoms with Crippen LogP contribution in [0.1, 0.15) is 46.0 Å². The van der Waals surface area contributed by atoms with Gasteiger partial charge < -0.3 is 4.74 Å². The quantitative estimate of drug-likeness (QED) is 0.382. The Balaban J connectivity index is 0. The Kier molecular flexibility index (Phi) is 18.2. The molecule has 0 aliphatic heterocycles. The molecule has 0 amide bonds. The number of ether oxygens (including phenoxy) is 1. The van der Waals surface area contributed by atoms with Gasteiger partial charge in [-0.15, -0.1) is 0 Å². The number of carbonyl (C=O) groups is 1. The van der Waals surface area contributed by atoms with E-state index in [1.54, 1.807) is 0 Å². The van der Waals surface area contributed by atoms with E-state index in [4.69, 9.17) is 4.74 Å². The van der Waals surface area contributed by atoms with Crippen LogP contribution >= 0.6 is 12.6 Å². The van der Waals surface area contributed by atoms with E-state index >= 15 is 0 Å². The Morgan fingerprint density at radius 1 is 1.28 bits per heavy atom. The van der Waals surface area contributed by atoms with Gasteiger partial charge in [-0.1, -0.05) is 33.1 Å². The van der Waals surface area contributed by atoms with Crippen molar-refractivity contribution < 1.29 is 9.53 Å². The van der Waals surface area contributed by atoms with Crippen LogP contribution in [-0.4, -0.2) is 38.1 Å². The molecule has 0 aromatic rings. The molecule has 0 aliphatic carbocycles. The predicted molar refractivity (Wildman–Crippen MR) is 86.1 cm³/mol. The number of hydrogen-bond acceptors (Lipinski definition) is 3. The topological polar surface area (TPSA) is 26.3 Å². The number of esters is 1. The summed E-state index contributed by atoms with van der Waals surface area (Å²) in [4.78, 5) is 18.2. The van der Waals surface area contributed by atoms with Gasteiger partial charge in [-0.2, -0.15) is 12.6 Å². The summed E-state index contributed by atoms with van der Waals surface area (Å²) in [5.74, 6) is 0.999. The van der Waals surface area contributed by atoms with Crippen LogP contribution in [0.4, 0.5) is 0 Å². The van der Waals surface area contributed by atoms with Gasteiger partial charge in [0, 0.05) is 5.75 Å². The molecule has 0 aromatic carbocycles. The van der Waals surface area contributed by atoms with Gasteiger partial charge in [-0.25, -0.2) is 0 Å². The number of hydrogen-bond donors (Lipinski definition) is 1. The summed E-state index contributed by atoms with van der Waals surface area (Å²) in [6.45, 7) is 4.91. The normalized spacial score (nSPS) is 11.7. The summed E-state index contributed by atoms with van der Waals surface area (Å²) in [5.41, 5.74) is 0. The van der Waals surface area contributed by atoms with Crippen molar-refractivity contribution in [2.24, 2.45) is 5.92 Å². The summed E-state index contributed by atoms with van der Waals surface area (Å²) < 4.78 is 5.14. The van der Waals surface area contributed by atoms with Crippen molar-refractivity contribution in [1.82, 2.24) is 0 Å². The van der Waals surface area contributed by atoms with Crippen molar-refractivity contribution in [3.8, 4) is 0 Å². The molecule has 109 valence electrons. The second-order valence-corrected chi connectivity index (χ2v) is 14.1. The van der Waals surface area contributed by atoms with Crippen molar-refractivity contribution in [3.05, 3.63) is 0 Å². The standard InChI is InChI=1S/C11H22O2S.3CH3.Sn/c1-3-5-6-10(4-2)9-13-11(12)7-8-14;;;;/h10,14H,3-9H2,1-2H3;3*1H3;. The van der Waals surface area contributed by atoms with Gasteiger partial charge in [0.15, 0.2) is 0 Å². The third kappa shape index (κ3) is 19.0. The number of carbonyl (C=O) groups excluding carboxylic acids is 1. The van der Waals surface area contributed by atoms with Crippen molar-refractivity contribution in [3.63, 3.8) is 0 Å². The van der Waals surface area contributed by atoms with Gasteiger partial charge in [0.05, 0.1) is 13.0 Å². The molecule has 1 unspecified atom stereocenters. The van der Waals surface area contributed by atoms with E-state index in [2.05, 4.69) is 41.3 Å². The van der Waals surface area contributed by atoms with Crippen LogP contribution in [0.15, 0.2) is 0 Å². The Labute approximate surface area is 126 Å². The first-order valence-corrected chi connectivity index (χ1v) is 16.2. The molecule has 0 fully saturated rings. The SMILES string of the molecule is CCCCC(CC)COC(=O)CCS.[CH3][Sn]([CH3])[CH3]. The van der Waals surface area contributed by atoms with E-state index in [0.29, 0.717) is 24.7 Å². The average molecular weight is 382 g/mol. The molecule has 0 saturated carbocycles. The molecule has 1 atom stereocenters. The zero-order chi connectivity index (χ0) is 14.4. The van der Waals surface area contributed by atoms with E-state index in [1.807, 2.05) is 0 Å². The fourth-order valence-electron chi connectivity index (χ4n) is 1.27. The summed E-state index contributed by atoms with van der Waals surface area (Å²) >= 11 is 3.44. The van der Waals surface area contributed by atoms with Crippen LogP contribution in [0.25, 0.3) is 0 Å². The molecule has 0 spiro atoms. The Bertz CT molecular complexity index is 184.